The SMILES string of the molecule is Cc1nc2sccn2c1CNCc1cccc(C(F)(F)F)c1.Cl. The summed E-state index contributed by atoms with van der Waals surface area (Å²) in [6.07, 6.45) is -2.36. The molecule has 23 heavy (non-hydrogen) atoms. The summed E-state index contributed by atoms with van der Waals surface area (Å²) in [5.41, 5.74) is 1.96. The molecule has 0 aliphatic rings. The molecule has 0 bridgehead atoms. The lowest BCUT2D eigenvalue weighted by molar-refractivity contribution is -0.137. The zero-order valence-electron chi connectivity index (χ0n) is 12.2. The number of imidazole rings is 1. The van der Waals surface area contributed by atoms with Crippen LogP contribution in [0.15, 0.2) is 35.8 Å². The summed E-state index contributed by atoms with van der Waals surface area (Å²) in [4.78, 5) is 5.36. The second-order valence-electron chi connectivity index (χ2n) is 5.00. The fraction of sp³-hybridized carbons (Fsp3) is 0.267. The monoisotopic (exact) mass is 361 g/mol. The van der Waals surface area contributed by atoms with Gasteiger partial charge in [0.1, 0.15) is 0 Å². The van der Waals surface area contributed by atoms with Crippen molar-refractivity contribution < 1.29 is 13.2 Å². The summed E-state index contributed by atoms with van der Waals surface area (Å²) < 4.78 is 40.0. The molecule has 0 aliphatic carbocycles. The number of alkyl halides is 3. The minimum absolute atomic E-state index is 0. The minimum Gasteiger partial charge on any atom is -0.307 e. The highest BCUT2D eigenvalue weighted by Crippen LogP contribution is 2.29. The van der Waals surface area contributed by atoms with Crippen LogP contribution in [0.5, 0.6) is 0 Å². The molecule has 0 spiro atoms. The number of nitrogens with one attached hydrogen (secondary N) is 1. The number of rotatable bonds is 4. The molecular weight excluding hydrogens is 347 g/mol. The zero-order chi connectivity index (χ0) is 15.7. The van der Waals surface area contributed by atoms with Crippen LogP contribution in [0.1, 0.15) is 22.5 Å². The van der Waals surface area contributed by atoms with E-state index >= 15 is 0 Å². The van der Waals surface area contributed by atoms with Gasteiger partial charge in [0.25, 0.3) is 0 Å². The molecule has 0 saturated heterocycles. The topological polar surface area (TPSA) is 29.3 Å². The maximum absolute atomic E-state index is 12.7. The maximum atomic E-state index is 12.7. The molecule has 8 heteroatoms. The lowest BCUT2D eigenvalue weighted by atomic mass is 10.1. The van der Waals surface area contributed by atoms with Gasteiger partial charge in [-0.05, 0) is 18.6 Å². The molecule has 0 fully saturated rings. The zero-order valence-corrected chi connectivity index (χ0v) is 13.9. The standard InChI is InChI=1S/C15H14F3N3S.ClH/c1-10-13(21-5-6-22-14(21)20-10)9-19-8-11-3-2-4-12(7-11)15(16,17)18;/h2-7,19H,8-9H2,1H3;1H. The summed E-state index contributed by atoms with van der Waals surface area (Å²) >= 11 is 1.56. The molecule has 3 rings (SSSR count). The van der Waals surface area contributed by atoms with Crippen LogP contribution < -0.4 is 5.32 Å². The largest absolute Gasteiger partial charge is 0.416 e. The van der Waals surface area contributed by atoms with Crippen molar-refractivity contribution in [2.75, 3.05) is 0 Å². The van der Waals surface area contributed by atoms with Crippen molar-refractivity contribution >= 4 is 28.7 Å². The Balaban J connectivity index is 0.00000192. The van der Waals surface area contributed by atoms with Crippen molar-refractivity contribution in [3.05, 3.63) is 58.4 Å². The van der Waals surface area contributed by atoms with E-state index in [4.69, 9.17) is 0 Å². The molecule has 0 unspecified atom stereocenters. The average Bonchev–Trinajstić information content (AvgIpc) is 3.01. The second kappa shape index (κ2) is 6.90. The Morgan fingerprint density at radius 2 is 2.04 bits per heavy atom. The number of hydrogen-bond donors (Lipinski definition) is 1. The van der Waals surface area contributed by atoms with E-state index in [2.05, 4.69) is 10.3 Å². The Kier molecular flexibility index (Phi) is 5.33. The molecule has 1 N–H and O–H groups in total. The van der Waals surface area contributed by atoms with E-state index in [0.29, 0.717) is 18.7 Å². The van der Waals surface area contributed by atoms with Gasteiger partial charge in [-0.3, -0.25) is 4.40 Å². The van der Waals surface area contributed by atoms with E-state index in [9.17, 15) is 13.2 Å². The molecule has 0 saturated carbocycles. The van der Waals surface area contributed by atoms with Crippen molar-refractivity contribution in [1.29, 1.82) is 0 Å². The molecule has 124 valence electrons. The quantitative estimate of drug-likeness (QED) is 0.744. The number of halogens is 4. The van der Waals surface area contributed by atoms with Crippen LogP contribution in [0.25, 0.3) is 4.96 Å². The predicted octanol–water partition coefficient (Wildman–Crippen LogP) is 4.43. The molecule has 0 atom stereocenters. The van der Waals surface area contributed by atoms with Crippen molar-refractivity contribution in [1.82, 2.24) is 14.7 Å². The Bertz CT molecular complexity index is 795. The van der Waals surface area contributed by atoms with Crippen LogP contribution in [0.2, 0.25) is 0 Å². The van der Waals surface area contributed by atoms with E-state index in [0.717, 1.165) is 22.4 Å². The molecule has 2 aromatic heterocycles. The van der Waals surface area contributed by atoms with E-state index in [1.54, 1.807) is 17.4 Å². The third-order valence-corrected chi connectivity index (χ3v) is 4.19. The van der Waals surface area contributed by atoms with Gasteiger partial charge in [-0.15, -0.1) is 23.7 Å². The first-order chi connectivity index (χ1) is 10.4. The van der Waals surface area contributed by atoms with Crippen molar-refractivity contribution in [2.24, 2.45) is 0 Å². The second-order valence-corrected chi connectivity index (χ2v) is 5.87. The lowest BCUT2D eigenvalue weighted by Gasteiger charge is -2.09. The highest BCUT2D eigenvalue weighted by molar-refractivity contribution is 7.15. The summed E-state index contributed by atoms with van der Waals surface area (Å²) in [5.74, 6) is 0. The molecule has 2 heterocycles. The van der Waals surface area contributed by atoms with Gasteiger partial charge in [0, 0.05) is 24.7 Å². The van der Waals surface area contributed by atoms with E-state index in [-0.39, 0.29) is 12.4 Å². The Morgan fingerprint density at radius 3 is 2.78 bits per heavy atom. The van der Waals surface area contributed by atoms with Crippen molar-refractivity contribution in [3.63, 3.8) is 0 Å². The third-order valence-electron chi connectivity index (χ3n) is 3.44. The number of hydrogen-bond acceptors (Lipinski definition) is 3. The molecule has 3 aromatic rings. The fourth-order valence-corrected chi connectivity index (χ4v) is 3.12. The first-order valence-electron chi connectivity index (χ1n) is 6.73. The number of fused-ring (bicyclic) bond motifs is 1. The third kappa shape index (κ3) is 3.85. The highest BCUT2D eigenvalue weighted by Gasteiger charge is 2.30. The Labute approximate surface area is 141 Å². The van der Waals surface area contributed by atoms with Crippen LogP contribution >= 0.6 is 23.7 Å². The fourth-order valence-electron chi connectivity index (χ4n) is 2.34. The number of thiazole rings is 1. The van der Waals surface area contributed by atoms with Gasteiger partial charge in [-0.2, -0.15) is 13.2 Å². The summed E-state index contributed by atoms with van der Waals surface area (Å²) in [7, 11) is 0. The smallest absolute Gasteiger partial charge is 0.307 e. The number of aromatic nitrogens is 2. The van der Waals surface area contributed by atoms with E-state index in [1.807, 2.05) is 22.9 Å². The first kappa shape index (κ1) is 17.8. The van der Waals surface area contributed by atoms with Gasteiger partial charge < -0.3 is 5.32 Å². The predicted molar refractivity (Wildman–Crippen MR) is 87.0 cm³/mol. The van der Waals surface area contributed by atoms with Gasteiger partial charge in [0.05, 0.1) is 17.0 Å². The van der Waals surface area contributed by atoms with Crippen LogP contribution in [-0.4, -0.2) is 9.38 Å². The van der Waals surface area contributed by atoms with Gasteiger partial charge in [-0.25, -0.2) is 4.98 Å². The van der Waals surface area contributed by atoms with Crippen LogP contribution in [0, 0.1) is 6.92 Å². The summed E-state index contributed by atoms with van der Waals surface area (Å²) in [6.45, 7) is 2.86. The molecular formula is C15H15ClF3N3S. The maximum Gasteiger partial charge on any atom is 0.416 e. The normalized spacial score (nSPS) is 11.7. The minimum atomic E-state index is -4.30. The molecule has 3 nitrogen and oxygen atoms in total. The molecule has 0 radical (unpaired) electrons. The first-order valence-corrected chi connectivity index (χ1v) is 7.61. The summed E-state index contributed by atoms with van der Waals surface area (Å²) in [5, 5.41) is 5.14. The van der Waals surface area contributed by atoms with Crippen LogP contribution in [-0.2, 0) is 19.3 Å². The Hall–Kier alpha value is -1.57. The number of benzene rings is 1. The molecule has 0 amide bonds. The van der Waals surface area contributed by atoms with Gasteiger partial charge in [0.15, 0.2) is 4.96 Å². The van der Waals surface area contributed by atoms with Crippen molar-refractivity contribution in [3.8, 4) is 0 Å². The van der Waals surface area contributed by atoms with E-state index < -0.39 is 11.7 Å². The number of aryl methyl sites for hydroxylation is 1. The van der Waals surface area contributed by atoms with Gasteiger partial charge in [0.2, 0.25) is 0 Å². The average molecular weight is 362 g/mol. The van der Waals surface area contributed by atoms with Crippen LogP contribution in [0.4, 0.5) is 13.2 Å². The van der Waals surface area contributed by atoms with Crippen molar-refractivity contribution in [2.45, 2.75) is 26.2 Å². The summed E-state index contributed by atoms with van der Waals surface area (Å²) in [6, 6.07) is 5.38. The molecule has 1 aromatic carbocycles. The Morgan fingerprint density at radius 1 is 1.26 bits per heavy atom. The van der Waals surface area contributed by atoms with Gasteiger partial charge in [-0.1, -0.05) is 18.2 Å². The van der Waals surface area contributed by atoms with Crippen LogP contribution in [0.3, 0.4) is 0 Å². The lowest BCUT2D eigenvalue weighted by Crippen LogP contribution is -2.15. The van der Waals surface area contributed by atoms with Gasteiger partial charge >= 0.3 is 6.18 Å². The van der Waals surface area contributed by atoms with E-state index in [1.165, 1.54) is 12.1 Å². The number of nitrogens with zero attached hydrogens (tertiary/aromatic N) is 2. The molecule has 0 aliphatic heterocycles. The highest BCUT2D eigenvalue weighted by atomic mass is 35.5.